The Morgan fingerprint density at radius 1 is 1.45 bits per heavy atom. The first-order valence-electron chi connectivity index (χ1n) is 7.78. The van der Waals surface area contributed by atoms with Crippen molar-refractivity contribution in [2.75, 3.05) is 6.54 Å². The summed E-state index contributed by atoms with van der Waals surface area (Å²) < 4.78 is 2.12. The molecule has 2 N–H and O–H groups in total. The van der Waals surface area contributed by atoms with Crippen LogP contribution in [-0.2, 0) is 11.3 Å². The molecule has 0 saturated heterocycles. The van der Waals surface area contributed by atoms with Crippen LogP contribution in [0, 0.1) is 5.92 Å². The van der Waals surface area contributed by atoms with Gasteiger partial charge in [-0.25, -0.2) is 0 Å². The third-order valence-corrected chi connectivity index (χ3v) is 3.76. The highest BCUT2D eigenvalue weighted by Gasteiger charge is 2.23. The van der Waals surface area contributed by atoms with Crippen molar-refractivity contribution in [1.29, 1.82) is 0 Å². The van der Waals surface area contributed by atoms with Crippen LogP contribution >= 0.6 is 0 Å². The first kappa shape index (κ1) is 15.1. The number of hydrogen-bond donors (Lipinski definition) is 2. The molecule has 4 nitrogen and oxygen atoms in total. The third kappa shape index (κ3) is 4.37. The van der Waals surface area contributed by atoms with Crippen molar-refractivity contribution in [2.24, 2.45) is 5.92 Å². The Morgan fingerprint density at radius 2 is 2.20 bits per heavy atom. The smallest absolute Gasteiger partial charge is 0.222 e. The van der Waals surface area contributed by atoms with Gasteiger partial charge in [-0.3, -0.25) is 4.79 Å². The second-order valence-corrected chi connectivity index (χ2v) is 6.05. The second-order valence-electron chi connectivity index (χ2n) is 6.05. The molecule has 1 saturated carbocycles. The van der Waals surface area contributed by atoms with E-state index < -0.39 is 0 Å². The Kier molecular flexibility index (Phi) is 5.24. The third-order valence-electron chi connectivity index (χ3n) is 3.76. The van der Waals surface area contributed by atoms with Crippen molar-refractivity contribution in [1.82, 2.24) is 15.2 Å². The maximum absolute atomic E-state index is 11.7. The van der Waals surface area contributed by atoms with E-state index in [9.17, 15) is 4.79 Å². The van der Waals surface area contributed by atoms with E-state index in [-0.39, 0.29) is 5.91 Å². The minimum Gasteiger partial charge on any atom is -0.353 e. The van der Waals surface area contributed by atoms with E-state index in [0.29, 0.717) is 24.4 Å². The Balaban J connectivity index is 1.85. The molecule has 1 aromatic rings. The van der Waals surface area contributed by atoms with Gasteiger partial charge in [0.2, 0.25) is 5.91 Å². The summed E-state index contributed by atoms with van der Waals surface area (Å²) in [6.45, 7) is 8.32. The van der Waals surface area contributed by atoms with Gasteiger partial charge >= 0.3 is 0 Å². The van der Waals surface area contributed by atoms with Crippen LogP contribution in [0.1, 0.15) is 51.6 Å². The minimum absolute atomic E-state index is 0.176. The predicted molar refractivity (Wildman–Crippen MR) is 81.5 cm³/mol. The van der Waals surface area contributed by atoms with E-state index in [0.717, 1.165) is 25.9 Å². The molecule has 0 radical (unpaired) electrons. The molecule has 1 aliphatic rings. The molecule has 112 valence electrons. The number of carbonyl (C=O) groups excluding carboxylic acids is 1. The average Bonchev–Trinajstić information content (AvgIpc) is 3.09. The second kappa shape index (κ2) is 6.93. The Morgan fingerprint density at radius 3 is 2.80 bits per heavy atom. The largest absolute Gasteiger partial charge is 0.353 e. The van der Waals surface area contributed by atoms with Crippen molar-refractivity contribution in [3.63, 3.8) is 0 Å². The molecule has 4 heteroatoms. The minimum atomic E-state index is 0.176. The lowest BCUT2D eigenvalue weighted by Gasteiger charge is -2.20. The number of carbonyl (C=O) groups is 1. The summed E-state index contributed by atoms with van der Waals surface area (Å²) in [7, 11) is 0. The van der Waals surface area contributed by atoms with Crippen LogP contribution in [0.2, 0.25) is 0 Å². The molecular weight excluding hydrogens is 250 g/mol. The fraction of sp³-hybridized carbons (Fsp3) is 0.688. The normalized spacial score (nSPS) is 16.4. The van der Waals surface area contributed by atoms with Crippen molar-refractivity contribution in [3.05, 3.63) is 24.0 Å². The van der Waals surface area contributed by atoms with Gasteiger partial charge in [-0.15, -0.1) is 0 Å². The van der Waals surface area contributed by atoms with E-state index in [1.807, 2.05) is 0 Å². The van der Waals surface area contributed by atoms with Crippen molar-refractivity contribution >= 4 is 5.91 Å². The summed E-state index contributed by atoms with van der Waals surface area (Å²) in [5.74, 6) is 0.735. The molecule has 0 spiro atoms. The molecule has 0 aliphatic heterocycles. The lowest BCUT2D eigenvalue weighted by atomic mass is 9.98. The van der Waals surface area contributed by atoms with Crippen LogP contribution < -0.4 is 10.6 Å². The molecule has 1 heterocycles. The number of nitrogens with zero attached hydrogens (tertiary/aromatic N) is 1. The summed E-state index contributed by atoms with van der Waals surface area (Å²) in [5.41, 5.74) is 1.31. The summed E-state index contributed by atoms with van der Waals surface area (Å²) in [5, 5.41) is 6.55. The fourth-order valence-electron chi connectivity index (χ4n) is 2.50. The molecule has 0 aromatic carbocycles. The summed E-state index contributed by atoms with van der Waals surface area (Å²) >= 11 is 0. The topological polar surface area (TPSA) is 46.1 Å². The lowest BCUT2D eigenvalue weighted by molar-refractivity contribution is -0.121. The zero-order chi connectivity index (χ0) is 14.5. The number of aromatic nitrogens is 1. The van der Waals surface area contributed by atoms with Crippen LogP contribution in [0.15, 0.2) is 18.5 Å². The number of hydrogen-bond acceptors (Lipinski definition) is 2. The molecule has 1 amide bonds. The monoisotopic (exact) mass is 277 g/mol. The molecule has 1 atom stereocenters. The summed E-state index contributed by atoms with van der Waals surface area (Å²) in [6.07, 6.45) is 7.11. The van der Waals surface area contributed by atoms with Gasteiger partial charge in [-0.1, -0.05) is 20.8 Å². The van der Waals surface area contributed by atoms with Crippen molar-refractivity contribution in [2.45, 2.75) is 58.7 Å². The quantitative estimate of drug-likeness (QED) is 0.767. The van der Waals surface area contributed by atoms with Crippen LogP contribution in [0.5, 0.6) is 0 Å². The van der Waals surface area contributed by atoms with Crippen LogP contribution in [-0.4, -0.2) is 23.1 Å². The summed E-state index contributed by atoms with van der Waals surface area (Å²) in [4.78, 5) is 11.7. The lowest BCUT2D eigenvalue weighted by Crippen LogP contribution is -2.26. The standard InChI is InChI=1S/C16H27N3O/c1-4-17-16(12(2)3)13-7-9-19(11-13)10-8-15(20)18-14-5-6-14/h7,9,11-12,14,16-17H,4-6,8,10H2,1-3H3,(H,18,20). The molecule has 1 fully saturated rings. The molecule has 1 unspecified atom stereocenters. The van der Waals surface area contributed by atoms with Crippen molar-refractivity contribution in [3.8, 4) is 0 Å². The fourth-order valence-corrected chi connectivity index (χ4v) is 2.50. The first-order valence-corrected chi connectivity index (χ1v) is 7.78. The summed E-state index contributed by atoms with van der Waals surface area (Å²) in [6, 6.07) is 3.01. The molecular formula is C16H27N3O. The van der Waals surface area contributed by atoms with E-state index in [1.165, 1.54) is 5.56 Å². The van der Waals surface area contributed by atoms with Crippen LogP contribution in [0.25, 0.3) is 0 Å². The average molecular weight is 277 g/mol. The Bertz CT molecular complexity index is 435. The molecule has 20 heavy (non-hydrogen) atoms. The van der Waals surface area contributed by atoms with Gasteiger partial charge in [0.05, 0.1) is 0 Å². The van der Waals surface area contributed by atoms with Gasteiger partial charge in [-0.05, 0) is 36.9 Å². The maximum Gasteiger partial charge on any atom is 0.222 e. The number of rotatable bonds is 8. The Labute approximate surface area is 121 Å². The zero-order valence-electron chi connectivity index (χ0n) is 12.9. The van der Waals surface area contributed by atoms with Crippen LogP contribution in [0.4, 0.5) is 0 Å². The van der Waals surface area contributed by atoms with Gasteiger partial charge in [-0.2, -0.15) is 0 Å². The van der Waals surface area contributed by atoms with Gasteiger partial charge in [0.15, 0.2) is 0 Å². The van der Waals surface area contributed by atoms with E-state index >= 15 is 0 Å². The molecule has 1 aromatic heterocycles. The first-order chi connectivity index (χ1) is 9.60. The predicted octanol–water partition coefficient (Wildman–Crippen LogP) is 2.46. The number of amides is 1. The zero-order valence-corrected chi connectivity index (χ0v) is 12.9. The highest BCUT2D eigenvalue weighted by molar-refractivity contribution is 5.76. The molecule has 0 bridgehead atoms. The number of nitrogens with one attached hydrogen (secondary N) is 2. The number of aryl methyl sites for hydroxylation is 1. The SMILES string of the molecule is CCNC(c1ccn(CCC(=O)NC2CC2)c1)C(C)C. The van der Waals surface area contributed by atoms with E-state index in [1.54, 1.807) is 0 Å². The highest BCUT2D eigenvalue weighted by atomic mass is 16.1. The van der Waals surface area contributed by atoms with Gasteiger partial charge in [0.25, 0.3) is 0 Å². The maximum atomic E-state index is 11.7. The van der Waals surface area contributed by atoms with Crippen LogP contribution in [0.3, 0.4) is 0 Å². The van der Waals surface area contributed by atoms with Gasteiger partial charge < -0.3 is 15.2 Å². The molecule has 1 aliphatic carbocycles. The molecule has 2 rings (SSSR count). The van der Waals surface area contributed by atoms with Gasteiger partial charge in [0, 0.05) is 37.4 Å². The highest BCUT2D eigenvalue weighted by Crippen LogP contribution is 2.22. The Hall–Kier alpha value is -1.29. The van der Waals surface area contributed by atoms with E-state index in [4.69, 9.17) is 0 Å². The van der Waals surface area contributed by atoms with Gasteiger partial charge in [0.1, 0.15) is 0 Å². The van der Waals surface area contributed by atoms with Crippen molar-refractivity contribution < 1.29 is 4.79 Å². The van der Waals surface area contributed by atoms with E-state index in [2.05, 4.69) is 54.4 Å².